The lowest BCUT2D eigenvalue weighted by Gasteiger charge is -2.01. The zero-order chi connectivity index (χ0) is 14.5. The first-order valence-electron chi connectivity index (χ1n) is 7.49. The van der Waals surface area contributed by atoms with Crippen LogP contribution in [0.2, 0.25) is 0 Å². The van der Waals surface area contributed by atoms with Gasteiger partial charge in [0.1, 0.15) is 13.1 Å². The van der Waals surface area contributed by atoms with Gasteiger partial charge in [0.25, 0.3) is 0 Å². The molecule has 0 unspecified atom stereocenters. The average molecular weight is 432 g/mol. The van der Waals surface area contributed by atoms with Gasteiger partial charge in [-0.1, -0.05) is 0 Å². The summed E-state index contributed by atoms with van der Waals surface area (Å²) in [5.41, 5.74) is 5.48. The summed E-state index contributed by atoms with van der Waals surface area (Å²) < 4.78 is 4.60. The van der Waals surface area contributed by atoms with Crippen molar-refractivity contribution in [1.82, 2.24) is 0 Å². The van der Waals surface area contributed by atoms with Crippen LogP contribution in [0.3, 0.4) is 0 Å². The van der Waals surface area contributed by atoms with Crippen molar-refractivity contribution in [3.63, 3.8) is 0 Å². The number of hydrogen-bond acceptors (Lipinski definition) is 0. The Bertz CT molecular complexity index is 544. The third-order valence-electron chi connectivity index (χ3n) is 4.08. The molecule has 4 heteroatoms. The van der Waals surface area contributed by atoms with Gasteiger partial charge in [-0.25, -0.2) is 9.13 Å². The molecule has 0 saturated heterocycles. The van der Waals surface area contributed by atoms with E-state index < -0.39 is 0 Å². The van der Waals surface area contributed by atoms with E-state index in [-0.39, 0.29) is 34.0 Å². The third-order valence-corrected chi connectivity index (χ3v) is 4.08. The molecule has 0 spiro atoms. The topological polar surface area (TPSA) is 7.76 Å². The highest BCUT2D eigenvalue weighted by Gasteiger charge is 2.06. The maximum absolute atomic E-state index is 2.30. The first-order valence-corrected chi connectivity index (χ1v) is 7.49. The van der Waals surface area contributed by atoms with Gasteiger partial charge < -0.3 is 0 Å². The molecular weight excluding hydrogens is 404 g/mol. The molecule has 0 aliphatic rings. The molecule has 0 saturated carbocycles. The Morgan fingerprint density at radius 3 is 1.32 bits per heavy atom. The Morgan fingerprint density at radius 1 is 0.636 bits per heavy atom. The Hall–Kier alpha value is -0.740. The van der Waals surface area contributed by atoms with Crippen LogP contribution in [0.15, 0.2) is 36.9 Å². The molecule has 0 N–H and O–H groups in total. The lowest BCUT2D eigenvalue weighted by atomic mass is 10.2. The highest BCUT2D eigenvalue weighted by molar-refractivity contribution is 8.93. The van der Waals surface area contributed by atoms with Crippen molar-refractivity contribution in [3.8, 4) is 0 Å². The predicted octanol–water partition coefficient (Wildman–Crippen LogP) is 4.13. The molecular formula is C18H28Br2N2+2. The summed E-state index contributed by atoms with van der Waals surface area (Å²) in [7, 11) is 0. The summed E-state index contributed by atoms with van der Waals surface area (Å²) in [6.45, 7) is 10.9. The van der Waals surface area contributed by atoms with Gasteiger partial charge in [0.2, 0.25) is 0 Å². The molecule has 2 aromatic rings. The molecule has 2 heterocycles. The first-order chi connectivity index (χ1) is 9.56. The van der Waals surface area contributed by atoms with Crippen molar-refractivity contribution >= 4 is 34.0 Å². The normalized spacial score (nSPS) is 9.82. The van der Waals surface area contributed by atoms with E-state index >= 15 is 0 Å². The maximum Gasteiger partial charge on any atom is 0.171 e. The Labute approximate surface area is 155 Å². The van der Waals surface area contributed by atoms with Gasteiger partial charge in [-0.05, 0) is 38.8 Å². The quantitative estimate of drug-likeness (QED) is 0.496. The summed E-state index contributed by atoms with van der Waals surface area (Å²) in [4.78, 5) is 0. The summed E-state index contributed by atoms with van der Waals surface area (Å²) in [6, 6.07) is 4.40. The molecule has 122 valence electrons. The minimum Gasteiger partial charge on any atom is -0.205 e. The Balaban J connectivity index is 0.00000220. The van der Waals surface area contributed by atoms with Crippen molar-refractivity contribution in [2.24, 2.45) is 0 Å². The van der Waals surface area contributed by atoms with Crippen molar-refractivity contribution in [3.05, 3.63) is 59.2 Å². The SMILES string of the molecule is Br.Br.Cc1cc[n+](CCCC[n+]2ccc(C)c(C)c2)cc1C. The van der Waals surface area contributed by atoms with E-state index in [1.807, 2.05) is 0 Å². The standard InChI is InChI=1S/C18H26N2.2BrH/c1-15-7-11-19(13-17(15)3)9-5-6-10-20-12-8-16(2)18(4)14-20;;/h7-8,11-14H,5-6,9-10H2,1-4H3;2*1H/q+2;;. The number of aryl methyl sites for hydroxylation is 6. The minimum atomic E-state index is 0. The smallest absolute Gasteiger partial charge is 0.171 e. The number of hydrogen-bond donors (Lipinski definition) is 0. The minimum absolute atomic E-state index is 0. The van der Waals surface area contributed by atoms with Gasteiger partial charge in [0.05, 0.1) is 0 Å². The van der Waals surface area contributed by atoms with Crippen LogP contribution in [0.5, 0.6) is 0 Å². The van der Waals surface area contributed by atoms with E-state index in [9.17, 15) is 0 Å². The van der Waals surface area contributed by atoms with Gasteiger partial charge in [-0.15, -0.1) is 34.0 Å². The zero-order valence-electron chi connectivity index (χ0n) is 14.0. The summed E-state index contributed by atoms with van der Waals surface area (Å²) in [5.74, 6) is 0. The maximum atomic E-state index is 2.30. The second-order valence-corrected chi connectivity index (χ2v) is 5.80. The number of pyridine rings is 2. The van der Waals surface area contributed by atoms with Gasteiger partial charge in [-0.3, -0.25) is 0 Å². The molecule has 0 fully saturated rings. The molecule has 0 amide bonds. The van der Waals surface area contributed by atoms with Crippen LogP contribution in [0.1, 0.15) is 35.1 Å². The second-order valence-electron chi connectivity index (χ2n) is 5.80. The van der Waals surface area contributed by atoms with E-state index in [2.05, 4.69) is 73.7 Å². The molecule has 2 rings (SSSR count). The monoisotopic (exact) mass is 430 g/mol. The van der Waals surface area contributed by atoms with E-state index in [1.54, 1.807) is 0 Å². The number of unbranched alkanes of at least 4 members (excludes halogenated alkanes) is 1. The van der Waals surface area contributed by atoms with Crippen LogP contribution >= 0.6 is 34.0 Å². The Morgan fingerprint density at radius 2 is 1.00 bits per heavy atom. The van der Waals surface area contributed by atoms with Crippen LogP contribution in [-0.4, -0.2) is 0 Å². The molecule has 2 nitrogen and oxygen atoms in total. The zero-order valence-corrected chi connectivity index (χ0v) is 17.4. The van der Waals surface area contributed by atoms with E-state index in [1.165, 1.54) is 35.1 Å². The summed E-state index contributed by atoms with van der Waals surface area (Å²) in [6.07, 6.45) is 11.3. The lowest BCUT2D eigenvalue weighted by Crippen LogP contribution is -2.36. The predicted molar refractivity (Wildman–Crippen MR) is 102 cm³/mol. The van der Waals surface area contributed by atoms with Crippen LogP contribution in [-0.2, 0) is 13.1 Å². The summed E-state index contributed by atoms with van der Waals surface area (Å²) >= 11 is 0. The van der Waals surface area contributed by atoms with Crippen LogP contribution in [0.4, 0.5) is 0 Å². The molecule has 0 aromatic carbocycles. The van der Waals surface area contributed by atoms with Crippen molar-refractivity contribution in [1.29, 1.82) is 0 Å². The Kier molecular flexibility index (Phi) is 9.77. The number of aromatic nitrogens is 2. The average Bonchev–Trinajstić information content (AvgIpc) is 2.42. The lowest BCUT2D eigenvalue weighted by molar-refractivity contribution is -0.708. The molecule has 0 aliphatic carbocycles. The fraction of sp³-hybridized carbons (Fsp3) is 0.444. The number of nitrogens with zero attached hydrogens (tertiary/aromatic N) is 2. The second kappa shape index (κ2) is 10.1. The summed E-state index contributed by atoms with van der Waals surface area (Å²) in [5, 5.41) is 0. The molecule has 0 bridgehead atoms. The molecule has 0 radical (unpaired) electrons. The third kappa shape index (κ3) is 6.17. The van der Waals surface area contributed by atoms with Crippen molar-refractivity contribution < 1.29 is 9.13 Å². The van der Waals surface area contributed by atoms with Gasteiger partial charge >= 0.3 is 0 Å². The van der Waals surface area contributed by atoms with Gasteiger partial charge in [0.15, 0.2) is 24.8 Å². The number of rotatable bonds is 5. The molecule has 0 aliphatic heterocycles. The highest BCUT2D eigenvalue weighted by Crippen LogP contribution is 2.02. The molecule has 22 heavy (non-hydrogen) atoms. The number of halogens is 2. The van der Waals surface area contributed by atoms with Crippen LogP contribution < -0.4 is 9.13 Å². The van der Waals surface area contributed by atoms with Crippen LogP contribution in [0, 0.1) is 27.7 Å². The van der Waals surface area contributed by atoms with Crippen molar-refractivity contribution in [2.75, 3.05) is 0 Å². The van der Waals surface area contributed by atoms with E-state index in [4.69, 9.17) is 0 Å². The first kappa shape index (κ1) is 21.3. The van der Waals surface area contributed by atoms with Gasteiger partial charge in [-0.2, -0.15) is 0 Å². The fourth-order valence-corrected chi connectivity index (χ4v) is 2.33. The van der Waals surface area contributed by atoms with Gasteiger partial charge in [0, 0.05) is 36.1 Å². The van der Waals surface area contributed by atoms with Crippen molar-refractivity contribution in [2.45, 2.75) is 53.6 Å². The molecule has 0 atom stereocenters. The van der Waals surface area contributed by atoms with E-state index in [0.29, 0.717) is 0 Å². The fourth-order valence-electron chi connectivity index (χ4n) is 2.33. The van der Waals surface area contributed by atoms with E-state index in [0.717, 1.165) is 13.1 Å². The van der Waals surface area contributed by atoms with Crippen LogP contribution in [0.25, 0.3) is 0 Å². The largest absolute Gasteiger partial charge is 0.205 e. The highest BCUT2D eigenvalue weighted by atomic mass is 79.9. The molecule has 2 aromatic heterocycles.